The fourth-order valence-corrected chi connectivity index (χ4v) is 4.22. The standard InChI is InChI=1S/C19H20N2O4/c22-18(17-11-14(20-25-17)12-6-2-1-3-7-12)21-15-9-5-4-8-13(15)10-16(21)19(23)24/h1-3,6-7,11,13,15-16H,4-5,8-10H2,(H,23,24). The van der Waals surface area contributed by atoms with E-state index in [-0.39, 0.29) is 23.6 Å². The van der Waals surface area contributed by atoms with E-state index in [0.717, 1.165) is 31.2 Å². The number of rotatable bonds is 3. The predicted molar refractivity (Wildman–Crippen MR) is 89.9 cm³/mol. The molecule has 3 atom stereocenters. The number of carbonyl (C=O) groups is 2. The van der Waals surface area contributed by atoms with Crippen LogP contribution in [0.3, 0.4) is 0 Å². The van der Waals surface area contributed by atoms with E-state index in [1.165, 1.54) is 4.90 Å². The molecule has 1 aliphatic carbocycles. The Morgan fingerprint density at radius 1 is 1.16 bits per heavy atom. The molecule has 6 nitrogen and oxygen atoms in total. The molecular formula is C19H20N2O4. The fraction of sp³-hybridized carbons (Fsp3) is 0.421. The summed E-state index contributed by atoms with van der Waals surface area (Å²) in [6, 6.07) is 10.3. The van der Waals surface area contributed by atoms with Crippen LogP contribution in [0.5, 0.6) is 0 Å². The lowest BCUT2D eigenvalue weighted by Crippen LogP contribution is -2.46. The molecule has 2 aliphatic rings. The molecule has 1 N–H and O–H groups in total. The van der Waals surface area contributed by atoms with Crippen molar-refractivity contribution < 1.29 is 19.2 Å². The molecule has 25 heavy (non-hydrogen) atoms. The van der Waals surface area contributed by atoms with Gasteiger partial charge in [0.2, 0.25) is 5.76 Å². The van der Waals surface area contributed by atoms with Crippen molar-refractivity contribution in [2.45, 2.75) is 44.2 Å². The van der Waals surface area contributed by atoms with E-state index >= 15 is 0 Å². The summed E-state index contributed by atoms with van der Waals surface area (Å²) in [6.45, 7) is 0. The quantitative estimate of drug-likeness (QED) is 0.927. The Kier molecular flexibility index (Phi) is 4.03. The lowest BCUT2D eigenvalue weighted by molar-refractivity contribution is -0.141. The summed E-state index contributed by atoms with van der Waals surface area (Å²) in [5.74, 6) is -0.923. The molecule has 1 aliphatic heterocycles. The monoisotopic (exact) mass is 340 g/mol. The SMILES string of the molecule is O=C(O)C1CC2CCCCC2N1C(=O)c1cc(-c2ccccc2)no1. The number of amides is 1. The Morgan fingerprint density at radius 2 is 1.92 bits per heavy atom. The summed E-state index contributed by atoms with van der Waals surface area (Å²) >= 11 is 0. The molecule has 2 fully saturated rings. The minimum absolute atomic E-state index is 0.00683. The second kappa shape index (κ2) is 6.35. The van der Waals surface area contributed by atoms with Crippen molar-refractivity contribution in [1.29, 1.82) is 0 Å². The molecule has 0 radical (unpaired) electrons. The molecule has 1 saturated heterocycles. The number of hydrogen-bond acceptors (Lipinski definition) is 4. The van der Waals surface area contributed by atoms with Crippen LogP contribution in [0, 0.1) is 5.92 Å². The smallest absolute Gasteiger partial charge is 0.326 e. The van der Waals surface area contributed by atoms with E-state index in [2.05, 4.69) is 5.16 Å². The van der Waals surface area contributed by atoms with Gasteiger partial charge in [-0.05, 0) is 25.2 Å². The lowest BCUT2D eigenvalue weighted by Gasteiger charge is -2.32. The molecule has 1 aromatic carbocycles. The van der Waals surface area contributed by atoms with E-state index in [0.29, 0.717) is 12.1 Å². The molecule has 0 spiro atoms. The zero-order valence-corrected chi connectivity index (χ0v) is 13.8. The minimum Gasteiger partial charge on any atom is -0.480 e. The van der Waals surface area contributed by atoms with Crippen LogP contribution in [0.2, 0.25) is 0 Å². The van der Waals surface area contributed by atoms with Gasteiger partial charge in [-0.2, -0.15) is 0 Å². The average Bonchev–Trinajstić information content (AvgIpc) is 3.27. The molecule has 0 bridgehead atoms. The summed E-state index contributed by atoms with van der Waals surface area (Å²) < 4.78 is 5.27. The molecular weight excluding hydrogens is 320 g/mol. The number of nitrogens with zero attached hydrogens (tertiary/aromatic N) is 2. The summed E-state index contributed by atoms with van der Waals surface area (Å²) in [7, 11) is 0. The van der Waals surface area contributed by atoms with Gasteiger partial charge in [-0.1, -0.05) is 48.3 Å². The average molecular weight is 340 g/mol. The van der Waals surface area contributed by atoms with Gasteiger partial charge in [0, 0.05) is 17.7 Å². The van der Waals surface area contributed by atoms with Crippen molar-refractivity contribution in [3.63, 3.8) is 0 Å². The zero-order chi connectivity index (χ0) is 17.4. The van der Waals surface area contributed by atoms with Crippen LogP contribution < -0.4 is 0 Å². The summed E-state index contributed by atoms with van der Waals surface area (Å²) in [5, 5.41) is 13.6. The summed E-state index contributed by atoms with van der Waals surface area (Å²) in [4.78, 5) is 26.2. The first-order valence-electron chi connectivity index (χ1n) is 8.73. The highest BCUT2D eigenvalue weighted by Crippen LogP contribution is 2.40. The molecule has 2 heterocycles. The van der Waals surface area contributed by atoms with Gasteiger partial charge < -0.3 is 14.5 Å². The van der Waals surface area contributed by atoms with Gasteiger partial charge in [0.25, 0.3) is 5.91 Å². The van der Waals surface area contributed by atoms with Crippen molar-refractivity contribution in [2.75, 3.05) is 0 Å². The number of hydrogen-bond donors (Lipinski definition) is 1. The number of aromatic nitrogens is 1. The van der Waals surface area contributed by atoms with Gasteiger partial charge >= 0.3 is 5.97 Å². The van der Waals surface area contributed by atoms with Crippen molar-refractivity contribution in [3.8, 4) is 11.3 Å². The van der Waals surface area contributed by atoms with Gasteiger partial charge in [0.1, 0.15) is 11.7 Å². The maximum atomic E-state index is 13.0. The van der Waals surface area contributed by atoms with Gasteiger partial charge in [0.05, 0.1) is 0 Å². The molecule has 1 aromatic heterocycles. The van der Waals surface area contributed by atoms with E-state index in [4.69, 9.17) is 4.52 Å². The summed E-state index contributed by atoms with van der Waals surface area (Å²) in [6.07, 6.45) is 4.52. The third-order valence-corrected chi connectivity index (χ3v) is 5.40. The third-order valence-electron chi connectivity index (χ3n) is 5.40. The fourth-order valence-electron chi connectivity index (χ4n) is 4.22. The van der Waals surface area contributed by atoms with Crippen molar-refractivity contribution in [1.82, 2.24) is 10.1 Å². The lowest BCUT2D eigenvalue weighted by atomic mass is 9.84. The number of aliphatic carboxylic acids is 1. The van der Waals surface area contributed by atoms with E-state index < -0.39 is 12.0 Å². The van der Waals surface area contributed by atoms with Gasteiger partial charge in [-0.3, -0.25) is 4.79 Å². The number of likely N-dealkylation sites (tertiary alicyclic amines) is 1. The van der Waals surface area contributed by atoms with E-state index in [9.17, 15) is 14.7 Å². The number of fused-ring (bicyclic) bond motifs is 1. The number of benzene rings is 1. The molecule has 4 rings (SSSR count). The van der Waals surface area contributed by atoms with Crippen LogP contribution in [-0.4, -0.2) is 39.1 Å². The second-order valence-corrected chi connectivity index (χ2v) is 6.86. The van der Waals surface area contributed by atoms with Crippen LogP contribution in [-0.2, 0) is 4.79 Å². The van der Waals surface area contributed by atoms with Crippen LogP contribution >= 0.6 is 0 Å². The molecule has 3 unspecified atom stereocenters. The topological polar surface area (TPSA) is 83.6 Å². The highest BCUT2D eigenvalue weighted by Gasteiger charge is 2.48. The normalized spacial score (nSPS) is 25.6. The molecule has 1 saturated carbocycles. The Bertz CT molecular complexity index is 786. The van der Waals surface area contributed by atoms with Crippen LogP contribution in [0.25, 0.3) is 11.3 Å². The van der Waals surface area contributed by atoms with Crippen LogP contribution in [0.15, 0.2) is 40.9 Å². The van der Waals surface area contributed by atoms with Gasteiger partial charge in [-0.25, -0.2) is 4.79 Å². The van der Waals surface area contributed by atoms with E-state index in [1.807, 2.05) is 30.3 Å². The third kappa shape index (κ3) is 2.81. The zero-order valence-electron chi connectivity index (χ0n) is 13.8. The van der Waals surface area contributed by atoms with Crippen molar-refractivity contribution >= 4 is 11.9 Å². The first-order valence-corrected chi connectivity index (χ1v) is 8.73. The highest BCUT2D eigenvalue weighted by atomic mass is 16.5. The summed E-state index contributed by atoms with van der Waals surface area (Å²) in [5.41, 5.74) is 1.44. The number of carbonyl (C=O) groups excluding carboxylic acids is 1. The van der Waals surface area contributed by atoms with Gasteiger partial charge in [0.15, 0.2) is 0 Å². The van der Waals surface area contributed by atoms with E-state index in [1.54, 1.807) is 6.07 Å². The molecule has 130 valence electrons. The van der Waals surface area contributed by atoms with Crippen LogP contribution in [0.1, 0.15) is 42.7 Å². The highest BCUT2D eigenvalue weighted by molar-refractivity contribution is 5.95. The maximum absolute atomic E-state index is 13.0. The minimum atomic E-state index is -0.939. The second-order valence-electron chi connectivity index (χ2n) is 6.86. The molecule has 2 aromatic rings. The molecule has 6 heteroatoms. The first kappa shape index (κ1) is 15.9. The van der Waals surface area contributed by atoms with Gasteiger partial charge in [-0.15, -0.1) is 0 Å². The Balaban J connectivity index is 1.63. The predicted octanol–water partition coefficient (Wildman–Crippen LogP) is 3.20. The number of carboxylic acid groups (broad SMARTS) is 1. The van der Waals surface area contributed by atoms with Crippen LogP contribution in [0.4, 0.5) is 0 Å². The number of carboxylic acids is 1. The first-order chi connectivity index (χ1) is 12.1. The van der Waals surface area contributed by atoms with Crippen molar-refractivity contribution in [3.05, 3.63) is 42.2 Å². The van der Waals surface area contributed by atoms with Crippen molar-refractivity contribution in [2.24, 2.45) is 5.92 Å². The Hall–Kier alpha value is -2.63. The Morgan fingerprint density at radius 3 is 2.68 bits per heavy atom. The Labute approximate surface area is 145 Å². The maximum Gasteiger partial charge on any atom is 0.326 e. The largest absolute Gasteiger partial charge is 0.480 e. The molecule has 1 amide bonds.